The number of nitrogens with one attached hydrogen (secondary N) is 4. The molecule has 1 atom stereocenters. The van der Waals surface area contributed by atoms with Crippen molar-refractivity contribution in [2.45, 2.75) is 71.3 Å². The molecular formula is C64H67N10O2+. The molecule has 0 spiro atoms. The van der Waals surface area contributed by atoms with Gasteiger partial charge in [-0.15, -0.1) is 4.57 Å². The van der Waals surface area contributed by atoms with E-state index in [4.69, 9.17) is 21.4 Å². The Bertz CT molecular complexity index is 3460. The van der Waals surface area contributed by atoms with Crippen molar-refractivity contribution in [1.29, 1.82) is 0 Å². The second kappa shape index (κ2) is 23.6. The molecule has 384 valence electrons. The lowest BCUT2D eigenvalue weighted by Gasteiger charge is -2.38. The van der Waals surface area contributed by atoms with Gasteiger partial charge >= 0.3 is 0 Å². The van der Waals surface area contributed by atoms with Crippen molar-refractivity contribution in [1.82, 2.24) is 20.9 Å². The summed E-state index contributed by atoms with van der Waals surface area (Å²) in [6, 6.07) is 50.5. The number of unbranched alkanes of at least 4 members (excludes halogenated alkanes) is 6. The fourth-order valence-corrected chi connectivity index (χ4v) is 10.1. The van der Waals surface area contributed by atoms with E-state index in [1.54, 1.807) is 0 Å². The number of allylic oxidation sites excluding steroid dienone is 1. The summed E-state index contributed by atoms with van der Waals surface area (Å²) >= 11 is 0. The Hall–Kier alpha value is -8.77. The summed E-state index contributed by atoms with van der Waals surface area (Å²) < 4.78 is 2.24. The van der Waals surface area contributed by atoms with Gasteiger partial charge in [-0.1, -0.05) is 86.3 Å². The summed E-state index contributed by atoms with van der Waals surface area (Å²) in [5.41, 5.74) is 30.5. The first-order valence-corrected chi connectivity index (χ1v) is 26.8. The molecule has 1 aliphatic heterocycles. The van der Waals surface area contributed by atoms with Gasteiger partial charge < -0.3 is 37.6 Å². The molecule has 0 saturated carbocycles. The Morgan fingerprint density at radius 2 is 1.13 bits per heavy atom. The lowest BCUT2D eigenvalue weighted by molar-refractivity contribution is -0.538. The van der Waals surface area contributed by atoms with Gasteiger partial charge in [0.25, 0.3) is 11.8 Å². The maximum Gasteiger partial charge on any atom is 0.251 e. The van der Waals surface area contributed by atoms with Crippen molar-refractivity contribution in [2.24, 2.45) is 4.99 Å². The van der Waals surface area contributed by atoms with E-state index in [9.17, 15) is 9.59 Å². The molecule has 0 radical (unpaired) electrons. The van der Waals surface area contributed by atoms with E-state index in [0.717, 1.165) is 160 Å². The van der Waals surface area contributed by atoms with E-state index >= 15 is 0 Å². The number of nitrogen functional groups attached to an aromatic ring is 2. The van der Waals surface area contributed by atoms with E-state index in [1.807, 2.05) is 98.8 Å². The van der Waals surface area contributed by atoms with Crippen molar-refractivity contribution in [2.75, 3.05) is 47.9 Å². The zero-order chi connectivity index (χ0) is 52.4. The second-order valence-electron chi connectivity index (χ2n) is 19.9. The molecule has 7 aromatic carbocycles. The standard InChI is InChI=1S/C64H66N10O2/c1-43-37-57-61(41-53(43)65)73(51-17-9-7-10-18-51)59-39-49(29-31-55(59)71-57)67-33-13-3-5-15-35-69-63(75)47-25-21-45(22-26-47)46-23-27-48(28-24-46)64(76)70-36-16-6-4-14-34-68-50-30-32-56-60(40-50)74(52-19-11-8-12-20-52)62-42-54(66)44(2)38-58(62)72-56/h7-12,17-32,37-42,59,67H,3-6,13-16,33-36,65H2,1-2H3,(H4,66,68,69,70,75,76)/p+1. The number of nitrogens with zero attached hydrogens (tertiary/aromatic N) is 4. The molecule has 76 heavy (non-hydrogen) atoms. The molecule has 12 heteroatoms. The third-order valence-corrected chi connectivity index (χ3v) is 14.4. The Balaban J connectivity index is 0.603. The lowest BCUT2D eigenvalue weighted by Crippen LogP contribution is -2.40. The number of carbonyl (C=O) groups excluding carboxylic acids is 2. The van der Waals surface area contributed by atoms with Crippen molar-refractivity contribution in [3.63, 3.8) is 0 Å². The highest BCUT2D eigenvalue weighted by atomic mass is 16.2. The van der Waals surface area contributed by atoms with Gasteiger partial charge in [-0.25, -0.2) is 9.98 Å². The van der Waals surface area contributed by atoms with Crippen LogP contribution in [0, 0.1) is 13.8 Å². The van der Waals surface area contributed by atoms with Crippen LogP contribution in [-0.2, 0) is 0 Å². The van der Waals surface area contributed by atoms with Crippen molar-refractivity contribution in [3.8, 4) is 16.8 Å². The Labute approximate surface area is 445 Å². The third-order valence-electron chi connectivity index (χ3n) is 14.4. The zero-order valence-electron chi connectivity index (χ0n) is 43.5. The summed E-state index contributed by atoms with van der Waals surface area (Å²) in [4.78, 5) is 38.3. The fourth-order valence-electron chi connectivity index (χ4n) is 10.1. The van der Waals surface area contributed by atoms with Crippen molar-refractivity contribution < 1.29 is 14.2 Å². The van der Waals surface area contributed by atoms with Gasteiger partial charge in [0.05, 0.1) is 23.1 Å². The normalized spacial score (nSPS) is 13.7. The quantitative estimate of drug-likeness (QED) is 0.0179. The van der Waals surface area contributed by atoms with E-state index in [0.29, 0.717) is 24.2 Å². The van der Waals surface area contributed by atoms with Crippen LogP contribution in [-0.4, -0.2) is 54.7 Å². The summed E-state index contributed by atoms with van der Waals surface area (Å²) in [5.74, 6) is -0.149. The number of aryl methyl sites for hydroxylation is 2. The smallest absolute Gasteiger partial charge is 0.251 e. The SMILES string of the molecule is Cc1cc2c(cc1N)N(c1ccccc1)C1C=C(NCCCCCCNC(=O)c3ccc(-c4ccc(C(=O)NCCCCCCNc5ccc6nc7cc(C)c(N)cc7[n+](-c7ccccc7)c6c5)cc4)cc3)C=CC1=N2. The third kappa shape index (κ3) is 11.8. The molecule has 8 aromatic rings. The van der Waals surface area contributed by atoms with E-state index < -0.39 is 0 Å². The fraction of sp³-hybridized carbons (Fsp3) is 0.234. The monoisotopic (exact) mass is 1010 g/mol. The van der Waals surface area contributed by atoms with Crippen LogP contribution in [0.1, 0.15) is 83.2 Å². The average molecular weight is 1010 g/mol. The molecule has 1 aromatic heterocycles. The minimum absolute atomic E-state index is 0.0456. The van der Waals surface area contributed by atoms with Crippen molar-refractivity contribution >= 4 is 73.7 Å². The number of hydrogen-bond donors (Lipinski definition) is 6. The first kappa shape index (κ1) is 50.7. The number of amides is 2. The number of carbonyl (C=O) groups is 2. The van der Waals surface area contributed by atoms with Crippen LogP contribution in [0.2, 0.25) is 0 Å². The Morgan fingerprint density at radius 3 is 1.78 bits per heavy atom. The predicted molar refractivity (Wildman–Crippen MR) is 312 cm³/mol. The highest BCUT2D eigenvalue weighted by molar-refractivity contribution is 6.10. The van der Waals surface area contributed by atoms with Gasteiger partial charge in [-0.05, 0) is 147 Å². The summed E-state index contributed by atoms with van der Waals surface area (Å²) in [6.07, 6.45) is 14.5. The Morgan fingerprint density at radius 1 is 0.566 bits per heavy atom. The molecule has 8 N–H and O–H groups in total. The van der Waals surface area contributed by atoms with Gasteiger partial charge in [0.1, 0.15) is 11.0 Å². The number of hydrogen-bond acceptors (Lipinski definition) is 9. The largest absolute Gasteiger partial charge is 0.398 e. The number of aromatic nitrogens is 2. The van der Waals surface area contributed by atoms with Crippen LogP contribution >= 0.6 is 0 Å². The van der Waals surface area contributed by atoms with Gasteiger partial charge in [0, 0.05) is 90.0 Å². The number of para-hydroxylation sites is 2. The number of rotatable bonds is 21. The molecule has 1 unspecified atom stereocenters. The number of aliphatic imine (C=N–C) groups is 1. The number of fused-ring (bicyclic) bond motifs is 4. The maximum absolute atomic E-state index is 13.0. The first-order valence-electron chi connectivity index (χ1n) is 26.8. The first-order chi connectivity index (χ1) is 37.2. The maximum atomic E-state index is 13.0. The predicted octanol–water partition coefficient (Wildman–Crippen LogP) is 12.1. The Kier molecular flexibility index (Phi) is 15.8. The molecule has 12 nitrogen and oxygen atoms in total. The number of anilines is 5. The van der Waals surface area contributed by atoms with Crippen LogP contribution in [0.15, 0.2) is 181 Å². The second-order valence-corrected chi connectivity index (χ2v) is 19.9. The van der Waals surface area contributed by atoms with Crippen LogP contribution < -0.4 is 42.2 Å². The van der Waals surface area contributed by atoms with Gasteiger partial charge in [-0.3, -0.25) is 9.59 Å². The zero-order valence-corrected chi connectivity index (χ0v) is 43.5. The van der Waals surface area contributed by atoms with Crippen LogP contribution in [0.4, 0.5) is 34.1 Å². The molecular weight excluding hydrogens is 941 g/mol. The number of nitrogens with two attached hydrogens (primary N) is 2. The summed E-state index contributed by atoms with van der Waals surface area (Å²) in [5, 5.41) is 13.4. The molecule has 0 fully saturated rings. The molecule has 1 aliphatic carbocycles. The van der Waals surface area contributed by atoms with Crippen LogP contribution in [0.25, 0.3) is 38.9 Å². The summed E-state index contributed by atoms with van der Waals surface area (Å²) in [6.45, 7) is 6.99. The number of benzene rings is 7. The van der Waals surface area contributed by atoms with Gasteiger partial charge in [0.2, 0.25) is 16.7 Å². The minimum atomic E-state index is -0.0752. The molecule has 2 aliphatic rings. The minimum Gasteiger partial charge on any atom is -0.398 e. The lowest BCUT2D eigenvalue weighted by atomic mass is 9.97. The molecule has 2 heterocycles. The van der Waals surface area contributed by atoms with E-state index in [1.165, 1.54) is 0 Å². The van der Waals surface area contributed by atoms with Gasteiger partial charge in [-0.2, -0.15) is 0 Å². The highest BCUT2D eigenvalue weighted by Gasteiger charge is 2.31. The molecule has 10 rings (SSSR count). The molecule has 0 bridgehead atoms. The van der Waals surface area contributed by atoms with Crippen molar-refractivity contribution in [3.05, 3.63) is 198 Å². The molecule has 2 amide bonds. The van der Waals surface area contributed by atoms with Crippen LogP contribution in [0.3, 0.4) is 0 Å². The topological polar surface area (TPSA) is 167 Å². The molecule has 0 saturated heterocycles. The van der Waals surface area contributed by atoms with Crippen LogP contribution in [0.5, 0.6) is 0 Å². The summed E-state index contributed by atoms with van der Waals surface area (Å²) in [7, 11) is 0. The van der Waals surface area contributed by atoms with E-state index in [2.05, 4.69) is 116 Å². The van der Waals surface area contributed by atoms with Gasteiger partial charge in [0.15, 0.2) is 0 Å². The average Bonchev–Trinajstić information content (AvgIpc) is 3.46. The highest BCUT2D eigenvalue weighted by Crippen LogP contribution is 2.43. The van der Waals surface area contributed by atoms with E-state index in [-0.39, 0.29) is 17.9 Å².